The molecular formula is C22H19Cl2N5O. The minimum absolute atomic E-state index is 0.260. The summed E-state index contributed by atoms with van der Waals surface area (Å²) in [5.74, 6) is 0.771. The third-order valence-electron chi connectivity index (χ3n) is 5.40. The molecule has 8 heteroatoms. The van der Waals surface area contributed by atoms with E-state index in [9.17, 15) is 5.11 Å². The first-order chi connectivity index (χ1) is 14.6. The number of anilines is 1. The molecule has 0 saturated carbocycles. The van der Waals surface area contributed by atoms with Crippen LogP contribution in [-0.4, -0.2) is 44.0 Å². The molecule has 1 saturated heterocycles. The topological polar surface area (TPSA) is 67.1 Å². The average Bonchev–Trinajstić information content (AvgIpc) is 3.15. The quantitative estimate of drug-likeness (QED) is 0.498. The molecule has 2 aromatic carbocycles. The van der Waals surface area contributed by atoms with Gasteiger partial charge in [-0.05, 0) is 37.1 Å². The molecule has 1 fully saturated rings. The van der Waals surface area contributed by atoms with Gasteiger partial charge in [-0.25, -0.2) is 14.6 Å². The molecule has 0 aliphatic carbocycles. The fourth-order valence-electron chi connectivity index (χ4n) is 3.86. The van der Waals surface area contributed by atoms with E-state index in [1.807, 2.05) is 53.2 Å². The van der Waals surface area contributed by atoms with Crippen LogP contribution in [0.25, 0.3) is 28.0 Å². The lowest BCUT2D eigenvalue weighted by Gasteiger charge is -2.30. The Morgan fingerprint density at radius 1 is 0.900 bits per heavy atom. The zero-order valence-corrected chi connectivity index (χ0v) is 17.6. The normalized spacial score (nSPS) is 15.1. The zero-order valence-electron chi connectivity index (χ0n) is 16.0. The number of fused-ring (bicyclic) bond motifs is 1. The van der Waals surface area contributed by atoms with Crippen LogP contribution in [0.15, 0.2) is 54.9 Å². The Labute approximate surface area is 183 Å². The van der Waals surface area contributed by atoms with Gasteiger partial charge in [0.15, 0.2) is 11.3 Å². The molecule has 3 heterocycles. The molecule has 5 rings (SSSR count). The molecule has 1 aliphatic heterocycles. The molecule has 2 aromatic heterocycles. The highest BCUT2D eigenvalue weighted by atomic mass is 35.5. The number of benzene rings is 2. The van der Waals surface area contributed by atoms with Gasteiger partial charge in [-0.2, -0.15) is 5.10 Å². The van der Waals surface area contributed by atoms with Gasteiger partial charge < -0.3 is 10.0 Å². The van der Waals surface area contributed by atoms with E-state index in [0.29, 0.717) is 28.4 Å². The highest BCUT2D eigenvalue weighted by molar-refractivity contribution is 6.32. The first-order valence-corrected chi connectivity index (χ1v) is 10.5. The summed E-state index contributed by atoms with van der Waals surface area (Å²) >= 11 is 12.6. The molecule has 0 bridgehead atoms. The SMILES string of the molecule is OC1CCN(c2ncnc3c(-c4ccc(Cl)cc4)n(-c4ccccc4Cl)nc23)CC1. The Kier molecular flexibility index (Phi) is 5.06. The zero-order chi connectivity index (χ0) is 20.7. The Balaban J connectivity index is 1.75. The van der Waals surface area contributed by atoms with E-state index in [-0.39, 0.29) is 6.10 Å². The van der Waals surface area contributed by atoms with Gasteiger partial charge in [0.05, 0.1) is 16.8 Å². The number of aliphatic hydroxyl groups excluding tert-OH is 1. The van der Waals surface area contributed by atoms with E-state index in [1.54, 1.807) is 6.33 Å². The Morgan fingerprint density at radius 3 is 2.37 bits per heavy atom. The number of aromatic nitrogens is 4. The van der Waals surface area contributed by atoms with Crippen molar-refractivity contribution in [1.29, 1.82) is 0 Å². The Bertz CT molecular complexity index is 1200. The maximum Gasteiger partial charge on any atom is 0.160 e. The number of rotatable bonds is 3. The van der Waals surface area contributed by atoms with Crippen molar-refractivity contribution in [3.05, 3.63) is 64.9 Å². The third kappa shape index (κ3) is 3.41. The fourth-order valence-corrected chi connectivity index (χ4v) is 4.20. The van der Waals surface area contributed by atoms with Crippen LogP contribution in [0, 0.1) is 0 Å². The van der Waals surface area contributed by atoms with Gasteiger partial charge in [0.25, 0.3) is 0 Å². The molecule has 4 aromatic rings. The number of hydrogen-bond donors (Lipinski definition) is 1. The van der Waals surface area contributed by atoms with Crippen molar-refractivity contribution in [2.75, 3.05) is 18.0 Å². The summed E-state index contributed by atoms with van der Waals surface area (Å²) in [5.41, 5.74) is 3.98. The minimum atomic E-state index is -0.260. The van der Waals surface area contributed by atoms with Crippen LogP contribution in [0.4, 0.5) is 5.82 Å². The first kappa shape index (κ1) is 19.3. The third-order valence-corrected chi connectivity index (χ3v) is 5.97. The van der Waals surface area contributed by atoms with Crippen molar-refractivity contribution < 1.29 is 5.11 Å². The number of hydrogen-bond acceptors (Lipinski definition) is 5. The van der Waals surface area contributed by atoms with Crippen molar-refractivity contribution in [3.63, 3.8) is 0 Å². The molecule has 1 N–H and O–H groups in total. The molecule has 0 atom stereocenters. The maximum absolute atomic E-state index is 9.88. The predicted octanol–water partition coefficient (Wildman–Crippen LogP) is 4.75. The number of aliphatic hydroxyl groups is 1. The Hall–Kier alpha value is -2.67. The molecule has 0 unspecified atom stereocenters. The van der Waals surface area contributed by atoms with Crippen LogP contribution in [0.1, 0.15) is 12.8 Å². The van der Waals surface area contributed by atoms with E-state index < -0.39 is 0 Å². The smallest absolute Gasteiger partial charge is 0.160 e. The van der Waals surface area contributed by atoms with Gasteiger partial charge in [0, 0.05) is 23.7 Å². The van der Waals surface area contributed by atoms with Crippen molar-refractivity contribution in [2.24, 2.45) is 0 Å². The summed E-state index contributed by atoms with van der Waals surface area (Å²) in [6.07, 6.45) is 2.73. The minimum Gasteiger partial charge on any atom is -0.393 e. The van der Waals surface area contributed by atoms with Gasteiger partial charge in [-0.1, -0.05) is 47.5 Å². The summed E-state index contributed by atoms with van der Waals surface area (Å²) in [7, 11) is 0. The van der Waals surface area contributed by atoms with Crippen LogP contribution >= 0.6 is 23.2 Å². The number of piperidine rings is 1. The van der Waals surface area contributed by atoms with E-state index in [0.717, 1.165) is 41.4 Å². The molecule has 0 spiro atoms. The second-order valence-corrected chi connectivity index (χ2v) is 8.18. The monoisotopic (exact) mass is 439 g/mol. The number of halogens is 2. The van der Waals surface area contributed by atoms with E-state index in [2.05, 4.69) is 14.9 Å². The van der Waals surface area contributed by atoms with Gasteiger partial charge >= 0.3 is 0 Å². The molecule has 152 valence electrons. The van der Waals surface area contributed by atoms with Crippen molar-refractivity contribution in [1.82, 2.24) is 19.7 Å². The predicted molar refractivity (Wildman–Crippen MR) is 120 cm³/mol. The lowest BCUT2D eigenvalue weighted by Crippen LogP contribution is -2.36. The van der Waals surface area contributed by atoms with E-state index in [1.165, 1.54) is 0 Å². The molecule has 1 aliphatic rings. The van der Waals surface area contributed by atoms with Crippen molar-refractivity contribution in [2.45, 2.75) is 18.9 Å². The van der Waals surface area contributed by atoms with Crippen LogP contribution in [-0.2, 0) is 0 Å². The van der Waals surface area contributed by atoms with Crippen LogP contribution in [0.5, 0.6) is 0 Å². The van der Waals surface area contributed by atoms with Crippen molar-refractivity contribution in [3.8, 4) is 16.9 Å². The van der Waals surface area contributed by atoms with Crippen molar-refractivity contribution >= 4 is 40.1 Å². The summed E-state index contributed by atoms with van der Waals surface area (Å²) in [6.45, 7) is 1.45. The van der Waals surface area contributed by atoms with E-state index in [4.69, 9.17) is 28.3 Å². The van der Waals surface area contributed by atoms with Crippen LogP contribution in [0.2, 0.25) is 10.0 Å². The van der Waals surface area contributed by atoms with Crippen LogP contribution < -0.4 is 4.90 Å². The molecule has 30 heavy (non-hydrogen) atoms. The van der Waals surface area contributed by atoms with E-state index >= 15 is 0 Å². The van der Waals surface area contributed by atoms with Crippen LogP contribution in [0.3, 0.4) is 0 Å². The summed E-state index contributed by atoms with van der Waals surface area (Å²) in [6, 6.07) is 15.2. The second-order valence-electron chi connectivity index (χ2n) is 7.33. The molecular weight excluding hydrogens is 421 g/mol. The average molecular weight is 440 g/mol. The first-order valence-electron chi connectivity index (χ1n) is 9.79. The maximum atomic E-state index is 9.88. The largest absolute Gasteiger partial charge is 0.393 e. The lowest BCUT2D eigenvalue weighted by molar-refractivity contribution is 0.145. The van der Waals surface area contributed by atoms with Gasteiger partial charge in [-0.15, -0.1) is 0 Å². The van der Waals surface area contributed by atoms with Gasteiger partial charge in [0.1, 0.15) is 17.5 Å². The second kappa shape index (κ2) is 7.87. The summed E-state index contributed by atoms with van der Waals surface area (Å²) in [5, 5.41) is 16.0. The molecule has 6 nitrogen and oxygen atoms in total. The summed E-state index contributed by atoms with van der Waals surface area (Å²) in [4.78, 5) is 11.3. The highest BCUT2D eigenvalue weighted by Crippen LogP contribution is 2.36. The number of para-hydroxylation sites is 1. The fraction of sp³-hybridized carbons (Fsp3) is 0.227. The Morgan fingerprint density at radius 2 is 1.63 bits per heavy atom. The standard InChI is InChI=1S/C22H19Cl2N5O/c23-15-7-5-14(6-8-15)21-19-20(27-29(21)18-4-2-1-3-17(18)24)22(26-13-25-19)28-11-9-16(30)10-12-28/h1-8,13,16,30H,9-12H2. The molecule has 0 radical (unpaired) electrons. The van der Waals surface area contributed by atoms with Gasteiger partial charge in [-0.3, -0.25) is 0 Å². The highest BCUT2D eigenvalue weighted by Gasteiger charge is 2.25. The summed E-state index contributed by atoms with van der Waals surface area (Å²) < 4.78 is 1.83. The van der Waals surface area contributed by atoms with Gasteiger partial charge in [0.2, 0.25) is 0 Å². The molecule has 0 amide bonds. The number of nitrogens with zero attached hydrogens (tertiary/aromatic N) is 5. The lowest BCUT2D eigenvalue weighted by atomic mass is 10.1.